The van der Waals surface area contributed by atoms with Crippen molar-refractivity contribution in [3.8, 4) is 0 Å². The molecule has 0 aliphatic carbocycles. The Labute approximate surface area is 92.7 Å². The number of hydrogen-bond donors (Lipinski definition) is 0. The van der Waals surface area contributed by atoms with Gasteiger partial charge in [-0.25, -0.2) is 0 Å². The van der Waals surface area contributed by atoms with E-state index in [0.717, 1.165) is 5.92 Å². The Morgan fingerprint density at radius 2 is 1.92 bits per heavy atom. The Kier molecular flexibility index (Phi) is 6.02. The standard InChI is InChI=1S/C9H21IOSi/c1-7(9(2,3)4)6-8(10)11-12-5/h7-8H,6,12H2,1-5H3/t7?,8-/m1/s1. The summed E-state index contributed by atoms with van der Waals surface area (Å²) in [5.41, 5.74) is 0.419. The van der Waals surface area contributed by atoms with Crippen LogP contribution in [0.2, 0.25) is 6.55 Å². The molecule has 0 aromatic rings. The molecule has 0 fully saturated rings. The molecule has 74 valence electrons. The number of alkyl halides is 1. The Morgan fingerprint density at radius 1 is 1.42 bits per heavy atom. The van der Waals surface area contributed by atoms with Crippen LogP contribution in [-0.2, 0) is 4.43 Å². The van der Waals surface area contributed by atoms with Gasteiger partial charge in [0.15, 0.2) is 9.76 Å². The minimum absolute atomic E-state index is 0.228. The maximum Gasteiger partial charge on any atom is 0.159 e. The summed E-state index contributed by atoms with van der Waals surface area (Å²) in [5, 5.41) is 0. The lowest BCUT2D eigenvalue weighted by molar-refractivity contribution is 0.194. The molecule has 0 aliphatic heterocycles. The van der Waals surface area contributed by atoms with Crippen molar-refractivity contribution in [3.63, 3.8) is 0 Å². The molecule has 0 amide bonds. The van der Waals surface area contributed by atoms with Gasteiger partial charge in [-0.05, 0) is 17.8 Å². The second-order valence-corrected chi connectivity index (χ2v) is 6.67. The van der Waals surface area contributed by atoms with Gasteiger partial charge >= 0.3 is 0 Å². The molecule has 0 saturated heterocycles. The molecule has 0 aliphatic rings. The van der Waals surface area contributed by atoms with Gasteiger partial charge in [-0.15, -0.1) is 0 Å². The van der Waals surface area contributed by atoms with E-state index in [1.54, 1.807) is 0 Å². The van der Waals surface area contributed by atoms with Gasteiger partial charge in [0.1, 0.15) is 0 Å². The van der Waals surface area contributed by atoms with E-state index in [2.05, 4.69) is 56.8 Å². The fourth-order valence-electron chi connectivity index (χ4n) is 0.880. The summed E-state index contributed by atoms with van der Waals surface area (Å²) in [7, 11) is -0.228. The molecule has 0 aromatic carbocycles. The highest BCUT2D eigenvalue weighted by Gasteiger charge is 2.22. The molecule has 1 unspecified atom stereocenters. The first kappa shape index (κ1) is 12.9. The van der Waals surface area contributed by atoms with Gasteiger partial charge in [-0.3, -0.25) is 0 Å². The summed E-state index contributed by atoms with van der Waals surface area (Å²) in [4.78, 5) is 0. The molecule has 3 heteroatoms. The van der Waals surface area contributed by atoms with Gasteiger partial charge in [-0.1, -0.05) is 56.8 Å². The maximum atomic E-state index is 5.63. The Hall–Kier alpha value is 0.907. The van der Waals surface area contributed by atoms with Crippen molar-refractivity contribution in [1.29, 1.82) is 0 Å². The van der Waals surface area contributed by atoms with Crippen LogP contribution in [0.4, 0.5) is 0 Å². The molecular formula is C9H21IOSi. The first-order chi connectivity index (χ1) is 5.38. The third kappa shape index (κ3) is 5.53. The topological polar surface area (TPSA) is 9.23 Å². The lowest BCUT2D eigenvalue weighted by Crippen LogP contribution is -2.22. The monoisotopic (exact) mass is 300 g/mol. The first-order valence-electron chi connectivity index (χ1n) is 4.63. The third-order valence-corrected chi connectivity index (χ3v) is 4.65. The zero-order chi connectivity index (χ0) is 9.78. The Morgan fingerprint density at radius 3 is 2.25 bits per heavy atom. The van der Waals surface area contributed by atoms with Crippen LogP contribution in [0.3, 0.4) is 0 Å². The number of hydrogen-bond acceptors (Lipinski definition) is 1. The van der Waals surface area contributed by atoms with Crippen LogP contribution in [0.5, 0.6) is 0 Å². The van der Waals surface area contributed by atoms with Gasteiger partial charge < -0.3 is 4.43 Å². The van der Waals surface area contributed by atoms with Crippen molar-refractivity contribution in [2.24, 2.45) is 11.3 Å². The average Bonchev–Trinajstić information content (AvgIpc) is 1.85. The molecule has 1 nitrogen and oxygen atoms in total. The van der Waals surface area contributed by atoms with E-state index in [-0.39, 0.29) is 9.76 Å². The van der Waals surface area contributed by atoms with E-state index in [1.807, 2.05) is 0 Å². The van der Waals surface area contributed by atoms with Crippen molar-refractivity contribution >= 4 is 32.4 Å². The van der Waals surface area contributed by atoms with Crippen LogP contribution in [0, 0.1) is 11.3 Å². The van der Waals surface area contributed by atoms with Crippen LogP contribution >= 0.6 is 22.6 Å². The smallest absolute Gasteiger partial charge is 0.159 e. The summed E-state index contributed by atoms with van der Waals surface area (Å²) in [6, 6.07) is 0. The Bertz CT molecular complexity index is 122. The second-order valence-electron chi connectivity index (χ2n) is 4.37. The zero-order valence-corrected chi connectivity index (χ0v) is 12.4. The highest BCUT2D eigenvalue weighted by molar-refractivity contribution is 14.1. The van der Waals surface area contributed by atoms with Crippen LogP contribution in [0.1, 0.15) is 34.1 Å². The van der Waals surface area contributed by atoms with E-state index < -0.39 is 0 Å². The SMILES string of the molecule is C[SiH2]O[C@@H](I)CC(C)C(C)(C)C. The minimum atomic E-state index is -0.228. The van der Waals surface area contributed by atoms with Gasteiger partial charge in [0.2, 0.25) is 0 Å². The van der Waals surface area contributed by atoms with Crippen molar-refractivity contribution < 1.29 is 4.43 Å². The highest BCUT2D eigenvalue weighted by Crippen LogP contribution is 2.30. The lowest BCUT2D eigenvalue weighted by atomic mass is 9.80. The van der Waals surface area contributed by atoms with Gasteiger partial charge in [-0.2, -0.15) is 0 Å². The lowest BCUT2D eigenvalue weighted by Gasteiger charge is -2.29. The molecule has 0 heterocycles. The van der Waals surface area contributed by atoms with Crippen LogP contribution < -0.4 is 0 Å². The van der Waals surface area contributed by atoms with Crippen LogP contribution in [0.15, 0.2) is 0 Å². The molecule has 2 atom stereocenters. The normalized spacial score (nSPS) is 18.5. The van der Waals surface area contributed by atoms with Crippen molar-refractivity contribution in [3.05, 3.63) is 0 Å². The summed E-state index contributed by atoms with van der Waals surface area (Å²) in [6.07, 6.45) is 1.19. The summed E-state index contributed by atoms with van der Waals surface area (Å²) in [5.74, 6) is 0.736. The van der Waals surface area contributed by atoms with Crippen LogP contribution in [0.25, 0.3) is 0 Å². The molecule has 0 radical (unpaired) electrons. The predicted octanol–water partition coefficient (Wildman–Crippen LogP) is 2.97. The maximum absolute atomic E-state index is 5.63. The molecule has 0 spiro atoms. The van der Waals surface area contributed by atoms with Crippen molar-refractivity contribution in [2.75, 3.05) is 0 Å². The van der Waals surface area contributed by atoms with Crippen molar-refractivity contribution in [2.45, 2.75) is 44.8 Å². The van der Waals surface area contributed by atoms with Crippen molar-refractivity contribution in [1.82, 2.24) is 0 Å². The summed E-state index contributed by atoms with van der Waals surface area (Å²) < 4.78 is 6.07. The predicted molar refractivity (Wildman–Crippen MR) is 66.5 cm³/mol. The zero-order valence-electron chi connectivity index (χ0n) is 8.86. The van der Waals surface area contributed by atoms with Crippen LogP contribution in [-0.4, -0.2) is 13.9 Å². The summed E-state index contributed by atoms with van der Waals surface area (Å²) in [6.45, 7) is 11.4. The van der Waals surface area contributed by atoms with E-state index >= 15 is 0 Å². The Balaban J connectivity index is 3.76. The van der Waals surface area contributed by atoms with Gasteiger partial charge in [0, 0.05) is 0 Å². The molecular weight excluding hydrogens is 279 g/mol. The third-order valence-electron chi connectivity index (χ3n) is 2.36. The first-order valence-corrected chi connectivity index (χ1v) is 7.87. The highest BCUT2D eigenvalue weighted by atomic mass is 127. The fraction of sp³-hybridized carbons (Fsp3) is 1.00. The van der Waals surface area contributed by atoms with E-state index in [1.165, 1.54) is 6.42 Å². The summed E-state index contributed by atoms with van der Waals surface area (Å²) >= 11 is 2.41. The quantitative estimate of drug-likeness (QED) is 0.441. The number of rotatable bonds is 4. The molecule has 0 aromatic heterocycles. The molecule has 0 bridgehead atoms. The molecule has 0 N–H and O–H groups in total. The number of halogens is 1. The molecule has 0 rings (SSSR count). The molecule has 0 saturated carbocycles. The minimum Gasteiger partial charge on any atom is -0.413 e. The fourth-order valence-corrected chi connectivity index (χ4v) is 3.22. The van der Waals surface area contributed by atoms with E-state index in [4.69, 9.17) is 4.43 Å². The van der Waals surface area contributed by atoms with Gasteiger partial charge in [0.05, 0.1) is 4.11 Å². The average molecular weight is 300 g/mol. The van der Waals surface area contributed by atoms with E-state index in [0.29, 0.717) is 9.53 Å². The second kappa shape index (κ2) is 5.60. The van der Waals surface area contributed by atoms with Gasteiger partial charge in [0.25, 0.3) is 0 Å². The molecule has 12 heavy (non-hydrogen) atoms. The van der Waals surface area contributed by atoms with E-state index in [9.17, 15) is 0 Å². The largest absolute Gasteiger partial charge is 0.413 e.